The number of hydrogen-bond acceptors (Lipinski definition) is 3. The zero-order valence-corrected chi connectivity index (χ0v) is 12.0. The number of halogens is 1. The molecule has 4 heteroatoms. The summed E-state index contributed by atoms with van der Waals surface area (Å²) in [6.45, 7) is 10.6. The smallest absolute Gasteiger partial charge is 0.126 e. The molecule has 0 bridgehead atoms. The van der Waals surface area contributed by atoms with Crippen LogP contribution in [0.2, 0.25) is 0 Å². The molecule has 1 fully saturated rings. The summed E-state index contributed by atoms with van der Waals surface area (Å²) in [5.74, 6) is -0.244. The van der Waals surface area contributed by atoms with Gasteiger partial charge in [0.25, 0.3) is 0 Å². The summed E-state index contributed by atoms with van der Waals surface area (Å²) in [6.07, 6.45) is -0.644. The van der Waals surface area contributed by atoms with Crippen molar-refractivity contribution < 1.29 is 9.50 Å². The lowest BCUT2D eigenvalue weighted by atomic mass is 10.0. The second-order valence-electron chi connectivity index (χ2n) is 5.26. The van der Waals surface area contributed by atoms with Gasteiger partial charge in [0.1, 0.15) is 5.82 Å². The van der Waals surface area contributed by atoms with Gasteiger partial charge in [-0.25, -0.2) is 4.39 Å². The molecular weight excluding hydrogens is 243 g/mol. The van der Waals surface area contributed by atoms with Gasteiger partial charge in [0.15, 0.2) is 0 Å². The second kappa shape index (κ2) is 5.88. The molecule has 0 amide bonds. The minimum Gasteiger partial charge on any atom is -0.389 e. The van der Waals surface area contributed by atoms with Gasteiger partial charge in [-0.3, -0.25) is 0 Å². The van der Waals surface area contributed by atoms with Crippen LogP contribution in [0.1, 0.15) is 31.1 Å². The average Bonchev–Trinajstić information content (AvgIpc) is 2.41. The van der Waals surface area contributed by atoms with E-state index in [4.69, 9.17) is 0 Å². The summed E-state index contributed by atoms with van der Waals surface area (Å²) in [5.41, 5.74) is 2.30. The first kappa shape index (κ1) is 14.3. The van der Waals surface area contributed by atoms with E-state index in [1.165, 1.54) is 6.07 Å². The van der Waals surface area contributed by atoms with Crippen LogP contribution in [0.5, 0.6) is 0 Å². The number of aliphatic hydroxyl groups excluding tert-OH is 1. The Morgan fingerprint density at radius 3 is 2.42 bits per heavy atom. The highest BCUT2D eigenvalue weighted by Crippen LogP contribution is 2.30. The highest BCUT2D eigenvalue weighted by atomic mass is 19.1. The van der Waals surface area contributed by atoms with Crippen molar-refractivity contribution in [1.82, 2.24) is 4.90 Å². The van der Waals surface area contributed by atoms with Crippen molar-refractivity contribution in [2.24, 2.45) is 0 Å². The molecule has 3 nitrogen and oxygen atoms in total. The second-order valence-corrected chi connectivity index (χ2v) is 5.26. The van der Waals surface area contributed by atoms with Gasteiger partial charge in [0.05, 0.1) is 6.10 Å². The van der Waals surface area contributed by atoms with Gasteiger partial charge in [-0.05, 0) is 38.1 Å². The molecule has 1 unspecified atom stereocenters. The Kier molecular flexibility index (Phi) is 4.42. The van der Waals surface area contributed by atoms with Crippen molar-refractivity contribution >= 4 is 5.69 Å². The van der Waals surface area contributed by atoms with Gasteiger partial charge >= 0.3 is 0 Å². The molecule has 1 aromatic carbocycles. The zero-order valence-electron chi connectivity index (χ0n) is 12.0. The molecule has 1 atom stereocenters. The normalized spacial score (nSPS) is 18.7. The van der Waals surface area contributed by atoms with E-state index in [0.717, 1.165) is 38.4 Å². The number of likely N-dealkylation sites (N-methyl/N-ethyl adjacent to an activating group) is 1. The van der Waals surface area contributed by atoms with Crippen LogP contribution in [-0.4, -0.2) is 42.7 Å². The standard InChI is InChI=1S/C15H23FN2O/c1-4-17-5-7-18(8-6-17)15-9-11(2)14(16)10-13(15)12(3)19/h9-10,12,19H,4-8H2,1-3H3. The summed E-state index contributed by atoms with van der Waals surface area (Å²) < 4.78 is 13.7. The van der Waals surface area contributed by atoms with Crippen LogP contribution in [0.4, 0.5) is 10.1 Å². The number of aliphatic hydroxyl groups is 1. The Morgan fingerprint density at radius 2 is 1.89 bits per heavy atom. The van der Waals surface area contributed by atoms with E-state index in [0.29, 0.717) is 11.1 Å². The zero-order chi connectivity index (χ0) is 14.0. The molecule has 0 aliphatic carbocycles. The minimum absolute atomic E-state index is 0.244. The van der Waals surface area contributed by atoms with E-state index in [1.807, 2.05) is 6.07 Å². The summed E-state index contributed by atoms with van der Waals surface area (Å²) in [6, 6.07) is 3.33. The lowest BCUT2D eigenvalue weighted by Gasteiger charge is -2.37. The fourth-order valence-corrected chi connectivity index (χ4v) is 2.60. The Morgan fingerprint density at radius 1 is 1.26 bits per heavy atom. The van der Waals surface area contributed by atoms with E-state index in [2.05, 4.69) is 16.7 Å². The Labute approximate surface area is 114 Å². The molecule has 0 saturated carbocycles. The van der Waals surface area contributed by atoms with E-state index in [1.54, 1.807) is 13.8 Å². The van der Waals surface area contributed by atoms with Gasteiger partial charge in [-0.15, -0.1) is 0 Å². The van der Waals surface area contributed by atoms with Gasteiger partial charge < -0.3 is 14.9 Å². The van der Waals surface area contributed by atoms with Crippen LogP contribution < -0.4 is 4.90 Å². The van der Waals surface area contributed by atoms with Crippen molar-refractivity contribution in [3.63, 3.8) is 0 Å². The van der Waals surface area contributed by atoms with Crippen molar-refractivity contribution in [2.45, 2.75) is 26.9 Å². The molecule has 1 heterocycles. The molecule has 1 aliphatic heterocycles. The van der Waals surface area contributed by atoms with Crippen LogP contribution in [0, 0.1) is 12.7 Å². The van der Waals surface area contributed by atoms with E-state index in [9.17, 15) is 9.50 Å². The van der Waals surface area contributed by atoms with Crippen LogP contribution in [-0.2, 0) is 0 Å². The number of nitrogens with zero attached hydrogens (tertiary/aromatic N) is 2. The largest absolute Gasteiger partial charge is 0.389 e. The van der Waals surface area contributed by atoms with Gasteiger partial charge in [-0.2, -0.15) is 0 Å². The lowest BCUT2D eigenvalue weighted by Crippen LogP contribution is -2.46. The van der Waals surface area contributed by atoms with E-state index in [-0.39, 0.29) is 5.82 Å². The Hall–Kier alpha value is -1.13. The lowest BCUT2D eigenvalue weighted by molar-refractivity contribution is 0.198. The van der Waals surface area contributed by atoms with Gasteiger partial charge in [0, 0.05) is 37.4 Å². The molecule has 1 aliphatic rings. The fraction of sp³-hybridized carbons (Fsp3) is 0.600. The molecule has 2 rings (SSSR count). The number of rotatable bonds is 3. The third kappa shape index (κ3) is 3.07. The highest BCUT2D eigenvalue weighted by molar-refractivity contribution is 5.57. The average molecular weight is 266 g/mol. The first-order valence-electron chi connectivity index (χ1n) is 6.98. The fourth-order valence-electron chi connectivity index (χ4n) is 2.60. The number of hydrogen-bond donors (Lipinski definition) is 1. The first-order valence-corrected chi connectivity index (χ1v) is 6.98. The summed E-state index contributed by atoms with van der Waals surface area (Å²) in [5, 5.41) is 9.84. The Bertz CT molecular complexity index is 440. The van der Waals surface area contributed by atoms with Crippen molar-refractivity contribution in [2.75, 3.05) is 37.6 Å². The SMILES string of the molecule is CCN1CCN(c2cc(C)c(F)cc2C(C)O)CC1. The maximum absolute atomic E-state index is 13.7. The molecule has 19 heavy (non-hydrogen) atoms. The predicted molar refractivity (Wildman–Crippen MR) is 76.1 cm³/mol. The topological polar surface area (TPSA) is 26.7 Å². The quantitative estimate of drug-likeness (QED) is 0.909. The number of anilines is 1. The van der Waals surface area contributed by atoms with E-state index < -0.39 is 6.10 Å². The predicted octanol–water partition coefficient (Wildman–Crippen LogP) is 2.33. The van der Waals surface area contributed by atoms with Crippen LogP contribution in [0.25, 0.3) is 0 Å². The number of aryl methyl sites for hydroxylation is 1. The Balaban J connectivity index is 2.26. The number of piperazine rings is 1. The number of benzene rings is 1. The third-order valence-electron chi connectivity index (χ3n) is 3.92. The highest BCUT2D eigenvalue weighted by Gasteiger charge is 2.21. The van der Waals surface area contributed by atoms with Crippen molar-refractivity contribution in [3.05, 3.63) is 29.1 Å². The van der Waals surface area contributed by atoms with Crippen LogP contribution in [0.15, 0.2) is 12.1 Å². The van der Waals surface area contributed by atoms with Crippen LogP contribution in [0.3, 0.4) is 0 Å². The minimum atomic E-state index is -0.644. The van der Waals surface area contributed by atoms with Crippen molar-refractivity contribution in [1.29, 1.82) is 0 Å². The third-order valence-corrected chi connectivity index (χ3v) is 3.92. The molecule has 1 N–H and O–H groups in total. The van der Waals surface area contributed by atoms with Crippen LogP contribution >= 0.6 is 0 Å². The molecule has 1 aromatic rings. The molecule has 0 spiro atoms. The molecule has 106 valence electrons. The summed E-state index contributed by atoms with van der Waals surface area (Å²) in [7, 11) is 0. The van der Waals surface area contributed by atoms with Gasteiger partial charge in [0.2, 0.25) is 0 Å². The monoisotopic (exact) mass is 266 g/mol. The summed E-state index contributed by atoms with van der Waals surface area (Å²) >= 11 is 0. The molecule has 1 saturated heterocycles. The summed E-state index contributed by atoms with van der Waals surface area (Å²) in [4.78, 5) is 4.65. The maximum atomic E-state index is 13.7. The maximum Gasteiger partial charge on any atom is 0.126 e. The first-order chi connectivity index (χ1) is 9.02. The molecule has 0 radical (unpaired) electrons. The van der Waals surface area contributed by atoms with Crippen molar-refractivity contribution in [3.8, 4) is 0 Å². The van der Waals surface area contributed by atoms with E-state index >= 15 is 0 Å². The molecular formula is C15H23FN2O. The molecule has 0 aromatic heterocycles. The van der Waals surface area contributed by atoms with Gasteiger partial charge in [-0.1, -0.05) is 6.92 Å².